The Labute approximate surface area is 87.8 Å². The number of hydrogen-bond acceptors (Lipinski definition) is 3. The van der Waals surface area contributed by atoms with Crippen LogP contribution in [0.4, 0.5) is 5.82 Å². The second-order valence-electron chi connectivity index (χ2n) is 4.32. The van der Waals surface area contributed by atoms with Crippen molar-refractivity contribution in [1.82, 2.24) is 14.7 Å². The Morgan fingerprint density at radius 3 is 3.00 bits per heavy atom. The van der Waals surface area contributed by atoms with E-state index in [0.29, 0.717) is 24.2 Å². The van der Waals surface area contributed by atoms with Crippen molar-refractivity contribution in [3.63, 3.8) is 0 Å². The number of rotatable bonds is 1. The number of carbonyl (C=O) groups excluding carboxylic acids is 1. The molecule has 5 heteroatoms. The lowest BCUT2D eigenvalue weighted by Crippen LogP contribution is -2.39. The van der Waals surface area contributed by atoms with Crippen LogP contribution in [-0.2, 0) is 17.9 Å². The Kier molecular flexibility index (Phi) is 1.74. The van der Waals surface area contributed by atoms with Crippen molar-refractivity contribution < 1.29 is 4.79 Å². The molecule has 0 bridgehead atoms. The molecular formula is C10H14N4O. The van der Waals surface area contributed by atoms with Crippen molar-refractivity contribution in [1.29, 1.82) is 0 Å². The summed E-state index contributed by atoms with van der Waals surface area (Å²) in [6, 6.07) is 1.85. The lowest BCUT2D eigenvalue weighted by Gasteiger charge is -2.27. The van der Waals surface area contributed by atoms with E-state index in [1.165, 1.54) is 0 Å². The fourth-order valence-electron chi connectivity index (χ4n) is 2.07. The molecule has 0 radical (unpaired) electrons. The van der Waals surface area contributed by atoms with Crippen LogP contribution in [0.25, 0.3) is 0 Å². The molecule has 15 heavy (non-hydrogen) atoms. The first-order valence-electron chi connectivity index (χ1n) is 5.35. The van der Waals surface area contributed by atoms with Gasteiger partial charge < -0.3 is 10.6 Å². The molecular weight excluding hydrogens is 192 g/mol. The Hall–Kier alpha value is -1.52. The van der Waals surface area contributed by atoms with Crippen molar-refractivity contribution in [3.8, 4) is 0 Å². The van der Waals surface area contributed by atoms with E-state index in [1.54, 1.807) is 0 Å². The third-order valence-electron chi connectivity index (χ3n) is 3.06. The summed E-state index contributed by atoms with van der Waals surface area (Å²) in [5, 5.41) is 4.16. The molecule has 0 aromatic carbocycles. The van der Waals surface area contributed by atoms with E-state index < -0.39 is 0 Å². The van der Waals surface area contributed by atoms with Crippen LogP contribution in [0, 0.1) is 5.92 Å². The van der Waals surface area contributed by atoms with Gasteiger partial charge in [0.2, 0.25) is 5.91 Å². The molecule has 0 unspecified atom stereocenters. The molecule has 0 saturated heterocycles. The number of aromatic nitrogens is 2. The summed E-state index contributed by atoms with van der Waals surface area (Å²) in [5.74, 6) is 1.16. The van der Waals surface area contributed by atoms with E-state index in [1.807, 2.05) is 15.6 Å². The molecule has 2 heterocycles. The van der Waals surface area contributed by atoms with Gasteiger partial charge in [-0.2, -0.15) is 5.10 Å². The maximum absolute atomic E-state index is 11.8. The standard InChI is InChI=1S/C10H14N4O/c11-9-5-8-6-13(3-4-14(8)12-9)10(15)7-1-2-7/h5,7H,1-4,6H2,(H2,11,12). The number of nitrogen functional groups attached to an aromatic ring is 1. The molecule has 5 nitrogen and oxygen atoms in total. The van der Waals surface area contributed by atoms with Crippen LogP contribution in [0.5, 0.6) is 0 Å². The Morgan fingerprint density at radius 2 is 2.27 bits per heavy atom. The maximum atomic E-state index is 11.8. The number of amides is 1. The molecule has 80 valence electrons. The summed E-state index contributed by atoms with van der Waals surface area (Å²) in [7, 11) is 0. The van der Waals surface area contributed by atoms with Gasteiger partial charge in [0.1, 0.15) is 5.82 Å². The summed E-state index contributed by atoms with van der Waals surface area (Å²) < 4.78 is 1.89. The van der Waals surface area contributed by atoms with Gasteiger partial charge >= 0.3 is 0 Å². The van der Waals surface area contributed by atoms with Crippen LogP contribution >= 0.6 is 0 Å². The largest absolute Gasteiger partial charge is 0.382 e. The van der Waals surface area contributed by atoms with E-state index in [-0.39, 0.29) is 0 Å². The fraction of sp³-hybridized carbons (Fsp3) is 0.600. The molecule has 2 N–H and O–H groups in total. The van der Waals surface area contributed by atoms with Crippen molar-refractivity contribution in [2.45, 2.75) is 25.9 Å². The molecule has 1 aliphatic carbocycles. The minimum absolute atomic E-state index is 0.303. The van der Waals surface area contributed by atoms with E-state index in [2.05, 4.69) is 5.10 Å². The van der Waals surface area contributed by atoms with Gasteiger partial charge in [-0.25, -0.2) is 0 Å². The van der Waals surface area contributed by atoms with Crippen LogP contribution < -0.4 is 5.73 Å². The molecule has 1 amide bonds. The number of nitrogens with zero attached hydrogens (tertiary/aromatic N) is 3. The molecule has 2 aliphatic rings. The van der Waals surface area contributed by atoms with Crippen molar-refractivity contribution in [3.05, 3.63) is 11.8 Å². The van der Waals surface area contributed by atoms with Gasteiger partial charge in [-0.05, 0) is 12.8 Å². The summed E-state index contributed by atoms with van der Waals surface area (Å²) in [5.41, 5.74) is 6.67. The highest BCUT2D eigenvalue weighted by Crippen LogP contribution is 2.32. The average molecular weight is 206 g/mol. The van der Waals surface area contributed by atoms with E-state index in [4.69, 9.17) is 5.73 Å². The number of nitrogens with two attached hydrogens (primary N) is 1. The fourth-order valence-corrected chi connectivity index (χ4v) is 2.07. The SMILES string of the molecule is Nc1cc2n(n1)CCN(C(=O)C1CC1)C2. The Bertz CT molecular complexity index is 408. The molecule has 0 spiro atoms. The lowest BCUT2D eigenvalue weighted by molar-refractivity contribution is -0.134. The number of fused-ring (bicyclic) bond motifs is 1. The number of anilines is 1. The van der Waals surface area contributed by atoms with Gasteiger partial charge in [0, 0.05) is 18.5 Å². The van der Waals surface area contributed by atoms with Crippen LogP contribution in [0.3, 0.4) is 0 Å². The first-order chi connectivity index (χ1) is 7.24. The third kappa shape index (κ3) is 1.48. The topological polar surface area (TPSA) is 64.2 Å². The predicted molar refractivity (Wildman–Crippen MR) is 54.8 cm³/mol. The maximum Gasteiger partial charge on any atom is 0.226 e. The highest BCUT2D eigenvalue weighted by molar-refractivity contribution is 5.81. The van der Waals surface area contributed by atoms with Gasteiger partial charge in [0.05, 0.1) is 18.8 Å². The minimum atomic E-state index is 0.303. The predicted octanol–water partition coefficient (Wildman–Crippen LogP) is 0.217. The number of carbonyl (C=O) groups is 1. The summed E-state index contributed by atoms with van der Waals surface area (Å²) in [4.78, 5) is 13.8. The smallest absolute Gasteiger partial charge is 0.226 e. The van der Waals surface area contributed by atoms with Crippen LogP contribution in [-0.4, -0.2) is 27.1 Å². The first-order valence-corrected chi connectivity index (χ1v) is 5.35. The monoisotopic (exact) mass is 206 g/mol. The van der Waals surface area contributed by atoms with Gasteiger partial charge in [0.25, 0.3) is 0 Å². The first kappa shape index (κ1) is 8.76. The highest BCUT2D eigenvalue weighted by Gasteiger charge is 2.34. The second kappa shape index (κ2) is 2.98. The van der Waals surface area contributed by atoms with Crippen molar-refractivity contribution >= 4 is 11.7 Å². The van der Waals surface area contributed by atoms with Crippen LogP contribution in [0.2, 0.25) is 0 Å². The zero-order chi connectivity index (χ0) is 10.4. The lowest BCUT2D eigenvalue weighted by atomic mass is 10.2. The van der Waals surface area contributed by atoms with Crippen LogP contribution in [0.15, 0.2) is 6.07 Å². The molecule has 3 rings (SSSR count). The molecule has 1 aromatic heterocycles. The third-order valence-corrected chi connectivity index (χ3v) is 3.06. The van der Waals surface area contributed by atoms with Gasteiger partial charge in [0.15, 0.2) is 0 Å². The number of hydrogen-bond donors (Lipinski definition) is 1. The van der Waals surface area contributed by atoms with Gasteiger partial charge in [-0.3, -0.25) is 9.48 Å². The van der Waals surface area contributed by atoms with Gasteiger partial charge in [-0.1, -0.05) is 0 Å². The van der Waals surface area contributed by atoms with E-state index in [9.17, 15) is 4.79 Å². The second-order valence-corrected chi connectivity index (χ2v) is 4.32. The molecule has 0 atom stereocenters. The summed E-state index contributed by atoms with van der Waals surface area (Å²) in [6.07, 6.45) is 2.13. The zero-order valence-corrected chi connectivity index (χ0v) is 8.52. The summed E-state index contributed by atoms with van der Waals surface area (Å²) in [6.45, 7) is 2.20. The average Bonchev–Trinajstić information content (AvgIpc) is 2.98. The van der Waals surface area contributed by atoms with Crippen LogP contribution in [0.1, 0.15) is 18.5 Å². The normalized spacial score (nSPS) is 20.1. The molecule has 1 saturated carbocycles. The van der Waals surface area contributed by atoms with E-state index in [0.717, 1.165) is 31.6 Å². The summed E-state index contributed by atoms with van der Waals surface area (Å²) >= 11 is 0. The minimum Gasteiger partial charge on any atom is -0.382 e. The van der Waals surface area contributed by atoms with E-state index >= 15 is 0 Å². The Morgan fingerprint density at radius 1 is 1.47 bits per heavy atom. The van der Waals surface area contributed by atoms with Crippen molar-refractivity contribution in [2.24, 2.45) is 5.92 Å². The zero-order valence-electron chi connectivity index (χ0n) is 8.52. The quantitative estimate of drug-likeness (QED) is 0.714. The molecule has 1 fully saturated rings. The van der Waals surface area contributed by atoms with Crippen molar-refractivity contribution in [2.75, 3.05) is 12.3 Å². The molecule has 1 aromatic rings. The highest BCUT2D eigenvalue weighted by atomic mass is 16.2. The molecule has 1 aliphatic heterocycles. The van der Waals surface area contributed by atoms with Gasteiger partial charge in [-0.15, -0.1) is 0 Å². The Balaban J connectivity index is 1.78.